The van der Waals surface area contributed by atoms with Crippen LogP contribution in [0.4, 0.5) is 0 Å². The lowest BCUT2D eigenvalue weighted by molar-refractivity contribution is -0.140. The molecule has 4 nitrogen and oxygen atoms in total. The van der Waals surface area contributed by atoms with Gasteiger partial charge in [-0.25, -0.2) is 0 Å². The molecule has 3 aromatic carbocycles. The molecule has 0 fully saturated rings. The van der Waals surface area contributed by atoms with Gasteiger partial charge in [0, 0.05) is 30.1 Å². The molecule has 3 aromatic rings. The Balaban J connectivity index is 1.96. The molecule has 6 heteroatoms. The highest BCUT2D eigenvalue weighted by molar-refractivity contribution is 6.35. The summed E-state index contributed by atoms with van der Waals surface area (Å²) in [6, 6.07) is 22.0. The van der Waals surface area contributed by atoms with E-state index in [1.54, 1.807) is 30.1 Å². The van der Waals surface area contributed by atoms with Crippen LogP contribution < -0.4 is 5.32 Å². The van der Waals surface area contributed by atoms with Crippen LogP contribution >= 0.6 is 23.2 Å². The molecule has 0 aliphatic heterocycles. The minimum atomic E-state index is -0.688. The summed E-state index contributed by atoms with van der Waals surface area (Å²) in [7, 11) is 1.58. The first kappa shape index (κ1) is 23.8. The molecule has 0 heterocycles. The molecule has 0 bridgehead atoms. The minimum absolute atomic E-state index is 0.149. The summed E-state index contributed by atoms with van der Waals surface area (Å²) < 4.78 is 0. The predicted molar refractivity (Wildman–Crippen MR) is 130 cm³/mol. The molecule has 0 aliphatic rings. The predicted octanol–water partition coefficient (Wildman–Crippen LogP) is 5.23. The number of likely N-dealkylation sites (N-methyl/N-ethyl adjacent to an activating group) is 1. The number of carbonyl (C=O) groups is 2. The van der Waals surface area contributed by atoms with E-state index in [-0.39, 0.29) is 24.8 Å². The number of nitrogens with zero attached hydrogens (tertiary/aromatic N) is 1. The molecule has 0 aromatic heterocycles. The van der Waals surface area contributed by atoms with E-state index >= 15 is 0 Å². The van der Waals surface area contributed by atoms with Crippen molar-refractivity contribution in [3.05, 3.63) is 105 Å². The first-order chi connectivity index (χ1) is 15.4. The fraction of sp³-hybridized carbons (Fsp3) is 0.231. The van der Waals surface area contributed by atoms with Gasteiger partial charge in [-0.05, 0) is 35.7 Å². The Hall–Kier alpha value is -2.82. The molecule has 0 radical (unpaired) electrons. The Labute approximate surface area is 199 Å². The largest absolute Gasteiger partial charge is 0.357 e. The smallest absolute Gasteiger partial charge is 0.242 e. The lowest BCUT2D eigenvalue weighted by Gasteiger charge is -2.31. The Morgan fingerprint density at radius 3 is 2.25 bits per heavy atom. The van der Waals surface area contributed by atoms with E-state index in [1.807, 2.05) is 61.5 Å². The number of hydrogen-bond acceptors (Lipinski definition) is 2. The van der Waals surface area contributed by atoms with Gasteiger partial charge in [-0.1, -0.05) is 89.4 Å². The molecule has 3 rings (SSSR count). The van der Waals surface area contributed by atoms with E-state index in [0.717, 1.165) is 22.3 Å². The first-order valence-corrected chi connectivity index (χ1v) is 11.2. The summed E-state index contributed by atoms with van der Waals surface area (Å²) in [4.78, 5) is 28.1. The van der Waals surface area contributed by atoms with Crippen molar-refractivity contribution in [3.8, 4) is 0 Å². The molecule has 0 saturated heterocycles. The Bertz CT molecular complexity index is 1070. The van der Waals surface area contributed by atoms with Crippen molar-refractivity contribution >= 4 is 35.0 Å². The van der Waals surface area contributed by atoms with Crippen molar-refractivity contribution in [1.29, 1.82) is 0 Å². The van der Waals surface area contributed by atoms with Crippen LogP contribution in [-0.4, -0.2) is 29.8 Å². The number of amides is 2. The van der Waals surface area contributed by atoms with E-state index in [9.17, 15) is 9.59 Å². The summed E-state index contributed by atoms with van der Waals surface area (Å²) in [5.41, 5.74) is 3.72. The standard InChI is InChI=1S/C26H26Cl2N2O2/c1-18-8-10-20(11-9-18)15-25(31)30(17-21-12-13-22(27)16-23(21)28)24(26(32)29-2)14-19-6-4-3-5-7-19/h3-13,16,24H,14-15,17H2,1-2H3,(H,29,32)/t24-/m1/s1. The maximum Gasteiger partial charge on any atom is 0.242 e. The third-order valence-electron chi connectivity index (χ3n) is 5.35. The number of carbonyl (C=O) groups excluding carboxylic acids is 2. The lowest BCUT2D eigenvalue weighted by Crippen LogP contribution is -2.50. The number of nitrogens with one attached hydrogen (secondary N) is 1. The summed E-state index contributed by atoms with van der Waals surface area (Å²) in [5.74, 6) is -0.374. The third kappa shape index (κ3) is 6.35. The second kappa shape index (κ2) is 11.2. The number of halogens is 2. The molecule has 32 heavy (non-hydrogen) atoms. The quantitative estimate of drug-likeness (QED) is 0.491. The number of hydrogen-bond donors (Lipinski definition) is 1. The van der Waals surface area contributed by atoms with Gasteiger partial charge in [0.2, 0.25) is 11.8 Å². The van der Waals surface area contributed by atoms with E-state index in [4.69, 9.17) is 23.2 Å². The monoisotopic (exact) mass is 468 g/mol. The molecule has 1 atom stereocenters. The van der Waals surface area contributed by atoms with Crippen molar-refractivity contribution in [2.24, 2.45) is 0 Å². The third-order valence-corrected chi connectivity index (χ3v) is 5.94. The van der Waals surface area contributed by atoms with Gasteiger partial charge < -0.3 is 10.2 Å². The van der Waals surface area contributed by atoms with Gasteiger partial charge in [-0.15, -0.1) is 0 Å². The van der Waals surface area contributed by atoms with Gasteiger partial charge in [-0.3, -0.25) is 9.59 Å². The summed E-state index contributed by atoms with van der Waals surface area (Å²) in [6.07, 6.45) is 0.582. The summed E-state index contributed by atoms with van der Waals surface area (Å²) >= 11 is 12.5. The highest BCUT2D eigenvalue weighted by Gasteiger charge is 2.30. The molecule has 166 valence electrons. The first-order valence-electron chi connectivity index (χ1n) is 10.4. The van der Waals surface area contributed by atoms with Crippen molar-refractivity contribution < 1.29 is 9.59 Å². The molecular formula is C26H26Cl2N2O2. The van der Waals surface area contributed by atoms with E-state index in [2.05, 4.69) is 5.32 Å². The second-order valence-electron chi connectivity index (χ2n) is 7.74. The van der Waals surface area contributed by atoms with Crippen LogP contribution in [0, 0.1) is 6.92 Å². The average Bonchev–Trinajstić information content (AvgIpc) is 2.79. The number of aryl methyl sites for hydroxylation is 1. The topological polar surface area (TPSA) is 49.4 Å². The van der Waals surface area contributed by atoms with Crippen LogP contribution in [0.25, 0.3) is 0 Å². The van der Waals surface area contributed by atoms with Crippen LogP contribution in [0.1, 0.15) is 22.3 Å². The molecule has 2 amide bonds. The molecule has 1 N–H and O–H groups in total. The van der Waals surface area contributed by atoms with E-state index < -0.39 is 6.04 Å². The molecule has 0 unspecified atom stereocenters. The fourth-order valence-electron chi connectivity index (χ4n) is 3.54. The highest BCUT2D eigenvalue weighted by Crippen LogP contribution is 2.24. The Kier molecular flexibility index (Phi) is 8.32. The molecule has 0 saturated carbocycles. The fourth-order valence-corrected chi connectivity index (χ4v) is 4.00. The SMILES string of the molecule is CNC(=O)[C@@H](Cc1ccccc1)N(Cc1ccc(Cl)cc1Cl)C(=O)Cc1ccc(C)cc1. The summed E-state index contributed by atoms with van der Waals surface area (Å²) in [5, 5.41) is 3.69. The number of rotatable bonds is 8. The normalized spacial score (nSPS) is 11.6. The van der Waals surface area contributed by atoms with Crippen molar-refractivity contribution in [3.63, 3.8) is 0 Å². The van der Waals surface area contributed by atoms with Gasteiger partial charge in [-0.2, -0.15) is 0 Å². The van der Waals surface area contributed by atoms with Crippen LogP contribution in [0.3, 0.4) is 0 Å². The average molecular weight is 469 g/mol. The number of benzene rings is 3. The summed E-state index contributed by atoms with van der Waals surface area (Å²) in [6.45, 7) is 2.20. The van der Waals surface area contributed by atoms with Crippen molar-refractivity contribution in [2.45, 2.75) is 32.4 Å². The maximum absolute atomic E-state index is 13.5. The van der Waals surface area contributed by atoms with Gasteiger partial charge in [0.25, 0.3) is 0 Å². The van der Waals surface area contributed by atoms with Crippen molar-refractivity contribution in [1.82, 2.24) is 10.2 Å². The van der Waals surface area contributed by atoms with Crippen molar-refractivity contribution in [2.75, 3.05) is 7.05 Å². The molecular weight excluding hydrogens is 443 g/mol. The van der Waals surface area contributed by atoms with Gasteiger partial charge in [0.05, 0.1) is 6.42 Å². The minimum Gasteiger partial charge on any atom is -0.357 e. The lowest BCUT2D eigenvalue weighted by atomic mass is 10.0. The zero-order chi connectivity index (χ0) is 23.1. The van der Waals surface area contributed by atoms with Gasteiger partial charge in [0.15, 0.2) is 0 Å². The Morgan fingerprint density at radius 2 is 1.62 bits per heavy atom. The Morgan fingerprint density at radius 1 is 0.938 bits per heavy atom. The highest BCUT2D eigenvalue weighted by atomic mass is 35.5. The van der Waals surface area contributed by atoms with Crippen LogP contribution in [0.15, 0.2) is 72.8 Å². The second-order valence-corrected chi connectivity index (χ2v) is 8.58. The van der Waals surface area contributed by atoms with Crippen LogP contribution in [-0.2, 0) is 29.0 Å². The van der Waals surface area contributed by atoms with Crippen LogP contribution in [0.5, 0.6) is 0 Å². The molecule has 0 spiro atoms. The maximum atomic E-state index is 13.5. The van der Waals surface area contributed by atoms with E-state index in [1.165, 1.54) is 0 Å². The zero-order valence-corrected chi connectivity index (χ0v) is 19.7. The zero-order valence-electron chi connectivity index (χ0n) is 18.1. The van der Waals surface area contributed by atoms with Gasteiger partial charge in [0.1, 0.15) is 6.04 Å². The van der Waals surface area contributed by atoms with Gasteiger partial charge >= 0.3 is 0 Å². The van der Waals surface area contributed by atoms with E-state index in [0.29, 0.717) is 16.5 Å². The molecule has 0 aliphatic carbocycles. The van der Waals surface area contributed by atoms with Crippen LogP contribution in [0.2, 0.25) is 10.0 Å².